The van der Waals surface area contributed by atoms with E-state index in [2.05, 4.69) is 25.9 Å². The lowest BCUT2D eigenvalue weighted by Crippen LogP contribution is -2.30. The van der Waals surface area contributed by atoms with Gasteiger partial charge in [-0.05, 0) is 51.8 Å². The van der Waals surface area contributed by atoms with Gasteiger partial charge in [-0.2, -0.15) is 0 Å². The lowest BCUT2D eigenvalue weighted by atomic mass is 10.2. The van der Waals surface area contributed by atoms with E-state index >= 15 is 0 Å². The Morgan fingerprint density at radius 3 is 2.81 bits per heavy atom. The fourth-order valence-corrected chi connectivity index (χ4v) is 3.77. The van der Waals surface area contributed by atoms with Crippen LogP contribution in [0, 0.1) is 5.82 Å². The number of hydrogen-bond donors (Lipinski definition) is 0. The monoisotopic (exact) mass is 431 g/mol. The first-order chi connectivity index (χ1) is 12.6. The van der Waals surface area contributed by atoms with Gasteiger partial charge in [0, 0.05) is 12.4 Å². The number of rotatable bonds is 4. The Bertz CT molecular complexity index is 1080. The number of hydrogen-bond acceptors (Lipinski definition) is 5. The van der Waals surface area contributed by atoms with Crippen molar-refractivity contribution in [2.24, 2.45) is 0 Å². The van der Waals surface area contributed by atoms with E-state index in [0.29, 0.717) is 14.5 Å². The Balaban J connectivity index is 1.78. The van der Waals surface area contributed by atoms with Crippen molar-refractivity contribution in [2.75, 3.05) is 4.90 Å². The number of anilines is 1. The van der Waals surface area contributed by atoms with Gasteiger partial charge >= 0.3 is 0 Å². The Hall–Kier alpha value is -2.58. The second kappa shape index (κ2) is 6.97. The standard InChI is InChI=1S/C18H11BrFN3O2S/c19-15-7-6-13(25-15)17(24)23(10-11-3-2-8-21-9-11)18-22-16-12(20)4-1-5-14(16)26-18/h1-9H,10H2. The molecule has 26 heavy (non-hydrogen) atoms. The fraction of sp³-hybridized carbons (Fsp3) is 0.0556. The van der Waals surface area contributed by atoms with Crippen molar-refractivity contribution in [1.82, 2.24) is 9.97 Å². The Kier molecular flexibility index (Phi) is 4.52. The summed E-state index contributed by atoms with van der Waals surface area (Å²) in [6.45, 7) is 0.242. The Labute approximate surface area is 160 Å². The molecule has 0 aliphatic carbocycles. The maximum Gasteiger partial charge on any atom is 0.296 e. The van der Waals surface area contributed by atoms with Gasteiger partial charge in [0.05, 0.1) is 11.2 Å². The largest absolute Gasteiger partial charge is 0.444 e. The summed E-state index contributed by atoms with van der Waals surface area (Å²) in [5, 5.41) is 0.395. The zero-order valence-electron chi connectivity index (χ0n) is 13.2. The van der Waals surface area contributed by atoms with Crippen LogP contribution < -0.4 is 4.90 Å². The lowest BCUT2D eigenvalue weighted by Gasteiger charge is -2.18. The van der Waals surface area contributed by atoms with Crippen molar-refractivity contribution >= 4 is 48.5 Å². The number of pyridine rings is 1. The summed E-state index contributed by atoms with van der Waals surface area (Å²) < 4.78 is 20.5. The molecule has 5 nitrogen and oxygen atoms in total. The minimum Gasteiger partial charge on any atom is -0.444 e. The highest BCUT2D eigenvalue weighted by molar-refractivity contribution is 9.10. The molecule has 130 valence electrons. The number of amides is 1. The molecule has 0 saturated carbocycles. The summed E-state index contributed by atoms with van der Waals surface area (Å²) in [4.78, 5) is 22.9. The number of benzene rings is 1. The minimum absolute atomic E-state index is 0.167. The molecular weight excluding hydrogens is 421 g/mol. The number of furan rings is 1. The zero-order chi connectivity index (χ0) is 18.1. The first kappa shape index (κ1) is 16.9. The van der Waals surface area contributed by atoms with E-state index in [-0.39, 0.29) is 23.7 Å². The van der Waals surface area contributed by atoms with E-state index in [1.165, 1.54) is 22.3 Å². The van der Waals surface area contributed by atoms with Gasteiger partial charge in [0.2, 0.25) is 0 Å². The van der Waals surface area contributed by atoms with E-state index in [1.807, 2.05) is 6.07 Å². The van der Waals surface area contributed by atoms with Crippen LogP contribution in [-0.4, -0.2) is 15.9 Å². The number of fused-ring (bicyclic) bond motifs is 1. The topological polar surface area (TPSA) is 59.2 Å². The maximum atomic E-state index is 14.0. The summed E-state index contributed by atoms with van der Waals surface area (Å²) in [6, 6.07) is 11.6. The van der Waals surface area contributed by atoms with E-state index in [4.69, 9.17) is 4.42 Å². The lowest BCUT2D eigenvalue weighted by molar-refractivity contribution is 0.0957. The van der Waals surface area contributed by atoms with Gasteiger partial charge in [0.25, 0.3) is 5.91 Å². The van der Waals surface area contributed by atoms with Crippen LogP contribution in [0.4, 0.5) is 9.52 Å². The van der Waals surface area contributed by atoms with E-state index < -0.39 is 5.82 Å². The normalized spacial score (nSPS) is 11.0. The van der Waals surface area contributed by atoms with Crippen molar-refractivity contribution in [2.45, 2.75) is 6.54 Å². The highest BCUT2D eigenvalue weighted by Crippen LogP contribution is 2.32. The predicted octanol–water partition coefficient (Wildman–Crippen LogP) is 5.03. The van der Waals surface area contributed by atoms with Crippen molar-refractivity contribution in [1.29, 1.82) is 0 Å². The molecule has 0 N–H and O–H groups in total. The smallest absolute Gasteiger partial charge is 0.296 e. The molecule has 0 fully saturated rings. The average Bonchev–Trinajstić information content (AvgIpc) is 3.27. The molecule has 0 bridgehead atoms. The third-order valence-corrected chi connectivity index (χ3v) is 5.15. The van der Waals surface area contributed by atoms with Crippen LogP contribution in [0.1, 0.15) is 16.1 Å². The molecule has 0 saturated heterocycles. The number of halogens is 2. The first-order valence-corrected chi connectivity index (χ1v) is 9.24. The number of para-hydroxylation sites is 1. The number of thiazole rings is 1. The molecule has 3 aromatic heterocycles. The molecule has 8 heteroatoms. The van der Waals surface area contributed by atoms with Crippen LogP contribution in [0.15, 0.2) is 63.9 Å². The number of carbonyl (C=O) groups excluding carboxylic acids is 1. The number of aromatic nitrogens is 2. The van der Waals surface area contributed by atoms with Gasteiger partial charge in [0.1, 0.15) is 11.3 Å². The number of nitrogens with zero attached hydrogens (tertiary/aromatic N) is 3. The van der Waals surface area contributed by atoms with Gasteiger partial charge in [-0.15, -0.1) is 0 Å². The van der Waals surface area contributed by atoms with Crippen molar-refractivity contribution in [3.05, 3.63) is 76.7 Å². The second-order valence-corrected chi connectivity index (χ2v) is 7.23. The summed E-state index contributed by atoms with van der Waals surface area (Å²) in [5.41, 5.74) is 1.07. The van der Waals surface area contributed by atoms with Crippen LogP contribution in [0.25, 0.3) is 10.2 Å². The third-order valence-electron chi connectivity index (χ3n) is 3.68. The first-order valence-electron chi connectivity index (χ1n) is 7.63. The summed E-state index contributed by atoms with van der Waals surface area (Å²) in [6.07, 6.45) is 3.33. The zero-order valence-corrected chi connectivity index (χ0v) is 15.6. The van der Waals surface area contributed by atoms with E-state index in [0.717, 1.165) is 5.56 Å². The highest BCUT2D eigenvalue weighted by atomic mass is 79.9. The van der Waals surface area contributed by atoms with Crippen molar-refractivity contribution in [3.8, 4) is 0 Å². The van der Waals surface area contributed by atoms with Gasteiger partial charge in [-0.25, -0.2) is 9.37 Å². The fourth-order valence-electron chi connectivity index (χ4n) is 2.48. The van der Waals surface area contributed by atoms with Crippen LogP contribution >= 0.6 is 27.3 Å². The van der Waals surface area contributed by atoms with Crippen LogP contribution in [0.2, 0.25) is 0 Å². The SMILES string of the molecule is O=C(c1ccc(Br)o1)N(Cc1cccnc1)c1nc2c(F)cccc2s1. The molecule has 0 spiro atoms. The molecule has 0 unspecified atom stereocenters. The predicted molar refractivity (Wildman–Crippen MR) is 101 cm³/mol. The summed E-state index contributed by atoms with van der Waals surface area (Å²) in [5.74, 6) is -0.612. The maximum absolute atomic E-state index is 14.0. The summed E-state index contributed by atoms with van der Waals surface area (Å²) >= 11 is 4.45. The Morgan fingerprint density at radius 2 is 2.12 bits per heavy atom. The third kappa shape index (κ3) is 3.25. The number of carbonyl (C=O) groups is 1. The van der Waals surface area contributed by atoms with Crippen molar-refractivity contribution in [3.63, 3.8) is 0 Å². The van der Waals surface area contributed by atoms with Gasteiger partial charge in [-0.1, -0.05) is 23.5 Å². The molecular formula is C18H11BrFN3O2S. The molecule has 1 aromatic carbocycles. The quantitative estimate of drug-likeness (QED) is 0.454. The van der Waals surface area contributed by atoms with Gasteiger partial charge in [0.15, 0.2) is 15.6 Å². The molecule has 0 radical (unpaired) electrons. The van der Waals surface area contributed by atoms with E-state index in [1.54, 1.807) is 42.7 Å². The molecule has 4 rings (SSSR count). The van der Waals surface area contributed by atoms with Gasteiger partial charge < -0.3 is 4.42 Å². The average molecular weight is 432 g/mol. The Morgan fingerprint density at radius 1 is 1.23 bits per heavy atom. The summed E-state index contributed by atoms with van der Waals surface area (Å²) in [7, 11) is 0. The van der Waals surface area contributed by atoms with Crippen LogP contribution in [0.5, 0.6) is 0 Å². The van der Waals surface area contributed by atoms with E-state index in [9.17, 15) is 9.18 Å². The van der Waals surface area contributed by atoms with Gasteiger partial charge in [-0.3, -0.25) is 14.7 Å². The second-order valence-electron chi connectivity index (χ2n) is 5.44. The molecule has 4 aromatic rings. The van der Waals surface area contributed by atoms with Crippen LogP contribution in [-0.2, 0) is 6.54 Å². The molecule has 3 heterocycles. The molecule has 0 aliphatic heterocycles. The van der Waals surface area contributed by atoms with Crippen molar-refractivity contribution < 1.29 is 13.6 Å². The molecule has 0 atom stereocenters. The molecule has 0 aliphatic rings. The highest BCUT2D eigenvalue weighted by Gasteiger charge is 2.25. The van der Waals surface area contributed by atoms with Crippen LogP contribution in [0.3, 0.4) is 0 Å². The minimum atomic E-state index is -0.417. The molecule has 1 amide bonds.